The predicted octanol–water partition coefficient (Wildman–Crippen LogP) is 3.05. The van der Waals surface area contributed by atoms with E-state index in [1.807, 2.05) is 0 Å². The third-order valence-corrected chi connectivity index (χ3v) is 1.75. The number of hydrogen-bond donors (Lipinski definition) is 1. The Bertz CT molecular complexity index is 344. The van der Waals surface area contributed by atoms with Crippen molar-refractivity contribution in [1.29, 1.82) is 0 Å². The Morgan fingerprint density at radius 2 is 2.36 bits per heavy atom. The molecule has 1 N–H and O–H groups in total. The third-order valence-electron chi connectivity index (χ3n) is 1.44. The standard InChI is InChI=1S/C9H9ClFNO2/c1-2-14-9(13)12-6-3-4-7(10)8(11)5-6/h3-5H,2H2,1H3,(H,12,13). The van der Waals surface area contributed by atoms with Crippen LogP contribution in [0.15, 0.2) is 18.2 Å². The van der Waals surface area contributed by atoms with Gasteiger partial charge < -0.3 is 4.74 Å². The minimum absolute atomic E-state index is 0.0133. The quantitative estimate of drug-likeness (QED) is 0.827. The van der Waals surface area contributed by atoms with Gasteiger partial charge in [0.05, 0.1) is 11.6 Å². The van der Waals surface area contributed by atoms with Crippen LogP contribution >= 0.6 is 11.6 Å². The summed E-state index contributed by atoms with van der Waals surface area (Å²) in [7, 11) is 0. The number of halogens is 2. The lowest BCUT2D eigenvalue weighted by Gasteiger charge is -2.05. The molecular weight excluding hydrogens is 209 g/mol. The molecule has 1 aromatic carbocycles. The van der Waals surface area contributed by atoms with Gasteiger partial charge >= 0.3 is 6.09 Å². The third kappa shape index (κ3) is 2.88. The van der Waals surface area contributed by atoms with Crippen molar-refractivity contribution in [3.8, 4) is 0 Å². The summed E-state index contributed by atoms with van der Waals surface area (Å²) in [6.07, 6.45) is -0.616. The van der Waals surface area contributed by atoms with E-state index >= 15 is 0 Å². The summed E-state index contributed by atoms with van der Waals surface area (Å²) in [5.41, 5.74) is 0.311. The first-order chi connectivity index (χ1) is 6.63. The zero-order valence-corrected chi connectivity index (χ0v) is 8.27. The lowest BCUT2D eigenvalue weighted by atomic mass is 10.3. The number of anilines is 1. The van der Waals surface area contributed by atoms with Crippen molar-refractivity contribution in [2.24, 2.45) is 0 Å². The second-order valence-electron chi connectivity index (χ2n) is 2.47. The Morgan fingerprint density at radius 1 is 1.64 bits per heavy atom. The minimum atomic E-state index is -0.616. The summed E-state index contributed by atoms with van der Waals surface area (Å²) in [5, 5.41) is 2.36. The van der Waals surface area contributed by atoms with Gasteiger partial charge in [-0.05, 0) is 25.1 Å². The Kier molecular flexibility index (Phi) is 3.71. The van der Waals surface area contributed by atoms with Crippen molar-refractivity contribution in [3.05, 3.63) is 29.0 Å². The largest absolute Gasteiger partial charge is 0.450 e. The Labute approximate surface area is 85.8 Å². The van der Waals surface area contributed by atoms with Gasteiger partial charge in [0.25, 0.3) is 0 Å². The van der Waals surface area contributed by atoms with Crippen molar-refractivity contribution >= 4 is 23.4 Å². The fourth-order valence-electron chi connectivity index (χ4n) is 0.859. The molecule has 0 aliphatic rings. The van der Waals surface area contributed by atoms with Gasteiger partial charge in [0, 0.05) is 5.69 Å². The summed E-state index contributed by atoms with van der Waals surface area (Å²) in [4.78, 5) is 10.9. The van der Waals surface area contributed by atoms with Crippen LogP contribution in [0.2, 0.25) is 5.02 Å². The Hall–Kier alpha value is -1.29. The van der Waals surface area contributed by atoms with Crippen LogP contribution in [0.3, 0.4) is 0 Å². The maximum Gasteiger partial charge on any atom is 0.411 e. The number of rotatable bonds is 2. The molecule has 1 amide bonds. The van der Waals surface area contributed by atoms with Gasteiger partial charge in [-0.1, -0.05) is 11.6 Å². The first-order valence-electron chi connectivity index (χ1n) is 4.02. The van der Waals surface area contributed by atoms with Crippen molar-refractivity contribution in [2.45, 2.75) is 6.92 Å². The second-order valence-corrected chi connectivity index (χ2v) is 2.88. The SMILES string of the molecule is CCOC(=O)Nc1ccc(Cl)c(F)c1. The number of nitrogens with one attached hydrogen (secondary N) is 1. The summed E-state index contributed by atoms with van der Waals surface area (Å²) in [6.45, 7) is 1.95. The van der Waals surface area contributed by atoms with E-state index in [-0.39, 0.29) is 11.6 Å². The zero-order chi connectivity index (χ0) is 10.6. The average molecular weight is 218 g/mol. The first-order valence-corrected chi connectivity index (χ1v) is 4.40. The highest BCUT2D eigenvalue weighted by Crippen LogP contribution is 2.18. The molecule has 14 heavy (non-hydrogen) atoms. The Balaban J connectivity index is 2.68. The molecule has 0 aromatic heterocycles. The van der Waals surface area contributed by atoms with Gasteiger partial charge in [0.1, 0.15) is 5.82 Å². The molecule has 1 rings (SSSR count). The summed E-state index contributed by atoms with van der Waals surface area (Å²) in [6, 6.07) is 3.97. The van der Waals surface area contributed by atoms with E-state index in [0.717, 1.165) is 6.07 Å². The average Bonchev–Trinajstić information content (AvgIpc) is 2.12. The normalized spacial score (nSPS) is 9.64. The summed E-state index contributed by atoms with van der Waals surface area (Å²) in [5.74, 6) is -0.582. The highest BCUT2D eigenvalue weighted by atomic mass is 35.5. The van der Waals surface area contributed by atoms with E-state index in [9.17, 15) is 9.18 Å². The molecule has 0 bridgehead atoms. The minimum Gasteiger partial charge on any atom is -0.450 e. The second kappa shape index (κ2) is 4.81. The van der Waals surface area contributed by atoms with Crippen LogP contribution in [0.4, 0.5) is 14.9 Å². The van der Waals surface area contributed by atoms with Crippen LogP contribution in [0.5, 0.6) is 0 Å². The molecule has 0 radical (unpaired) electrons. The first kappa shape index (κ1) is 10.8. The molecule has 1 aromatic rings. The summed E-state index contributed by atoms with van der Waals surface area (Å²) >= 11 is 5.46. The molecule has 0 fully saturated rings. The van der Waals surface area contributed by atoms with Gasteiger partial charge in [0.15, 0.2) is 0 Å². The van der Waals surface area contributed by atoms with E-state index in [0.29, 0.717) is 5.69 Å². The van der Waals surface area contributed by atoms with Crippen LogP contribution < -0.4 is 5.32 Å². The molecule has 0 unspecified atom stereocenters. The van der Waals surface area contributed by atoms with Gasteiger partial charge in [-0.3, -0.25) is 5.32 Å². The number of hydrogen-bond acceptors (Lipinski definition) is 2. The molecule has 0 saturated heterocycles. The van der Waals surface area contributed by atoms with Gasteiger partial charge in [0.2, 0.25) is 0 Å². The molecule has 0 aliphatic carbocycles. The molecule has 0 spiro atoms. The summed E-state index contributed by atoms with van der Waals surface area (Å²) < 4.78 is 17.5. The van der Waals surface area contributed by atoms with E-state index in [4.69, 9.17) is 11.6 Å². The van der Waals surface area contributed by atoms with Crippen molar-refractivity contribution in [2.75, 3.05) is 11.9 Å². The highest BCUT2D eigenvalue weighted by molar-refractivity contribution is 6.30. The fraction of sp³-hybridized carbons (Fsp3) is 0.222. The zero-order valence-electron chi connectivity index (χ0n) is 7.51. The lowest BCUT2D eigenvalue weighted by Crippen LogP contribution is -2.13. The predicted molar refractivity (Wildman–Crippen MR) is 52.1 cm³/mol. The number of benzene rings is 1. The topological polar surface area (TPSA) is 38.3 Å². The van der Waals surface area contributed by atoms with E-state index < -0.39 is 11.9 Å². The van der Waals surface area contributed by atoms with Crippen molar-refractivity contribution in [1.82, 2.24) is 0 Å². The van der Waals surface area contributed by atoms with Crippen LogP contribution in [-0.2, 0) is 4.74 Å². The fourth-order valence-corrected chi connectivity index (χ4v) is 0.976. The smallest absolute Gasteiger partial charge is 0.411 e. The molecule has 5 heteroatoms. The molecule has 0 atom stereocenters. The van der Waals surface area contributed by atoms with Crippen LogP contribution in [-0.4, -0.2) is 12.7 Å². The van der Waals surface area contributed by atoms with Crippen molar-refractivity contribution < 1.29 is 13.9 Å². The van der Waals surface area contributed by atoms with Gasteiger partial charge in [-0.15, -0.1) is 0 Å². The molecule has 76 valence electrons. The molecule has 3 nitrogen and oxygen atoms in total. The molecule has 0 heterocycles. The lowest BCUT2D eigenvalue weighted by molar-refractivity contribution is 0.168. The van der Waals surface area contributed by atoms with Gasteiger partial charge in [-0.25, -0.2) is 9.18 Å². The Morgan fingerprint density at radius 3 is 2.93 bits per heavy atom. The van der Waals surface area contributed by atoms with E-state index in [1.165, 1.54) is 12.1 Å². The van der Waals surface area contributed by atoms with Crippen LogP contribution in [0.1, 0.15) is 6.92 Å². The molecular formula is C9H9ClFNO2. The number of carbonyl (C=O) groups excluding carboxylic acids is 1. The maximum atomic E-state index is 12.9. The highest BCUT2D eigenvalue weighted by Gasteiger charge is 2.04. The van der Waals surface area contributed by atoms with Crippen LogP contribution in [0.25, 0.3) is 0 Å². The van der Waals surface area contributed by atoms with Gasteiger partial charge in [-0.2, -0.15) is 0 Å². The van der Waals surface area contributed by atoms with Crippen LogP contribution in [0, 0.1) is 5.82 Å². The van der Waals surface area contributed by atoms with E-state index in [2.05, 4.69) is 10.1 Å². The molecule has 0 aliphatic heterocycles. The number of carbonyl (C=O) groups is 1. The van der Waals surface area contributed by atoms with Crippen molar-refractivity contribution in [3.63, 3.8) is 0 Å². The van der Waals surface area contributed by atoms with E-state index in [1.54, 1.807) is 6.92 Å². The molecule has 0 saturated carbocycles. The maximum absolute atomic E-state index is 12.9. The monoisotopic (exact) mass is 217 g/mol. The number of amides is 1. The number of ether oxygens (including phenoxy) is 1.